The second-order valence-corrected chi connectivity index (χ2v) is 4.68. The first kappa shape index (κ1) is 11.4. The van der Waals surface area contributed by atoms with E-state index in [1.165, 1.54) is 12.1 Å². The molecule has 2 rings (SSSR count). The molecule has 0 aliphatic carbocycles. The van der Waals surface area contributed by atoms with Crippen molar-refractivity contribution in [3.63, 3.8) is 0 Å². The molecule has 1 amide bonds. The number of rotatable bonds is 2. The Hall–Kier alpha value is -1.10. The third-order valence-corrected chi connectivity index (χ3v) is 3.43. The van der Waals surface area contributed by atoms with Gasteiger partial charge in [-0.25, -0.2) is 8.78 Å². The zero-order valence-electron chi connectivity index (χ0n) is 8.58. The van der Waals surface area contributed by atoms with E-state index in [4.69, 9.17) is 0 Å². The first-order chi connectivity index (χ1) is 7.66. The Morgan fingerprint density at radius 3 is 2.88 bits per heavy atom. The summed E-state index contributed by atoms with van der Waals surface area (Å²) in [5.41, 5.74) is 0.253. The average molecular weight is 243 g/mol. The smallest absolute Gasteiger partial charge is 0.227 e. The van der Waals surface area contributed by atoms with Gasteiger partial charge in [0.1, 0.15) is 11.6 Å². The van der Waals surface area contributed by atoms with Gasteiger partial charge >= 0.3 is 0 Å². The van der Waals surface area contributed by atoms with Crippen LogP contribution in [0, 0.1) is 11.6 Å². The maximum absolute atomic E-state index is 13.3. The van der Waals surface area contributed by atoms with Gasteiger partial charge in [-0.3, -0.25) is 4.79 Å². The van der Waals surface area contributed by atoms with Crippen molar-refractivity contribution in [3.05, 3.63) is 35.4 Å². The van der Waals surface area contributed by atoms with E-state index >= 15 is 0 Å². The lowest BCUT2D eigenvalue weighted by Crippen LogP contribution is -2.29. The molecule has 0 aromatic heterocycles. The van der Waals surface area contributed by atoms with E-state index in [1.54, 1.807) is 16.7 Å². The molecule has 0 spiro atoms. The monoisotopic (exact) mass is 243 g/mol. The van der Waals surface area contributed by atoms with Gasteiger partial charge in [0.25, 0.3) is 0 Å². The fraction of sp³-hybridized carbons (Fsp3) is 0.364. The van der Waals surface area contributed by atoms with Gasteiger partial charge in [-0.15, -0.1) is 11.8 Å². The Morgan fingerprint density at radius 1 is 1.44 bits per heavy atom. The van der Waals surface area contributed by atoms with E-state index in [1.807, 2.05) is 0 Å². The molecule has 86 valence electrons. The van der Waals surface area contributed by atoms with Crippen LogP contribution in [-0.2, 0) is 11.2 Å². The lowest BCUT2D eigenvalue weighted by Gasteiger charge is -2.14. The minimum absolute atomic E-state index is 0.00662. The predicted octanol–water partition coefficient (Wildman–Crippen LogP) is 2.04. The van der Waals surface area contributed by atoms with Crippen LogP contribution in [0.15, 0.2) is 18.2 Å². The van der Waals surface area contributed by atoms with Crippen molar-refractivity contribution < 1.29 is 13.6 Å². The molecule has 5 heteroatoms. The molecule has 1 aliphatic heterocycles. The summed E-state index contributed by atoms with van der Waals surface area (Å²) in [5, 5.41) is 0. The fourth-order valence-corrected chi connectivity index (χ4v) is 2.52. The van der Waals surface area contributed by atoms with Crippen LogP contribution in [0.25, 0.3) is 0 Å². The molecule has 1 aromatic rings. The molecule has 16 heavy (non-hydrogen) atoms. The molecule has 0 bridgehead atoms. The topological polar surface area (TPSA) is 20.3 Å². The van der Waals surface area contributed by atoms with Crippen molar-refractivity contribution in [3.8, 4) is 0 Å². The van der Waals surface area contributed by atoms with Gasteiger partial charge in [0.15, 0.2) is 0 Å². The molecule has 0 unspecified atom stereocenters. The number of amides is 1. The maximum atomic E-state index is 13.3. The second kappa shape index (κ2) is 4.82. The van der Waals surface area contributed by atoms with Crippen molar-refractivity contribution in [2.75, 3.05) is 18.2 Å². The van der Waals surface area contributed by atoms with Crippen LogP contribution in [0.1, 0.15) is 5.56 Å². The fourth-order valence-electron chi connectivity index (χ4n) is 1.55. The largest absolute Gasteiger partial charge is 0.332 e. The van der Waals surface area contributed by atoms with Crippen molar-refractivity contribution >= 4 is 17.7 Å². The number of hydrogen-bond acceptors (Lipinski definition) is 2. The van der Waals surface area contributed by atoms with Crippen LogP contribution in [-0.4, -0.2) is 29.0 Å². The zero-order valence-corrected chi connectivity index (χ0v) is 9.40. The van der Waals surface area contributed by atoms with E-state index in [2.05, 4.69) is 0 Å². The molecule has 0 saturated carbocycles. The molecule has 1 aliphatic rings. The van der Waals surface area contributed by atoms with Crippen LogP contribution in [0.4, 0.5) is 8.78 Å². The first-order valence-electron chi connectivity index (χ1n) is 4.96. The first-order valence-corrected chi connectivity index (χ1v) is 6.12. The van der Waals surface area contributed by atoms with Crippen LogP contribution >= 0.6 is 11.8 Å². The van der Waals surface area contributed by atoms with E-state index in [0.717, 1.165) is 11.8 Å². The standard InChI is InChI=1S/C11H11F2NOS/c12-9-2-1-8(10(13)6-9)5-11(15)14-3-4-16-7-14/h1-2,6H,3-5,7H2. The highest BCUT2D eigenvalue weighted by molar-refractivity contribution is 7.99. The van der Waals surface area contributed by atoms with Gasteiger partial charge in [-0.2, -0.15) is 0 Å². The number of benzene rings is 1. The number of hydrogen-bond donors (Lipinski definition) is 0. The molecular formula is C11H11F2NOS. The molecule has 0 N–H and O–H groups in total. The van der Waals surface area contributed by atoms with Gasteiger partial charge in [-0.05, 0) is 11.6 Å². The summed E-state index contributed by atoms with van der Waals surface area (Å²) in [5.74, 6) is 0.223. The summed E-state index contributed by atoms with van der Waals surface area (Å²) in [4.78, 5) is 13.4. The van der Waals surface area contributed by atoms with Gasteiger partial charge in [0.2, 0.25) is 5.91 Å². The molecule has 0 atom stereocenters. The quantitative estimate of drug-likeness (QED) is 0.792. The highest BCUT2D eigenvalue weighted by Crippen LogP contribution is 2.16. The highest BCUT2D eigenvalue weighted by Gasteiger charge is 2.19. The van der Waals surface area contributed by atoms with Crippen molar-refractivity contribution in [1.82, 2.24) is 4.90 Å². The molecule has 1 fully saturated rings. The normalized spacial score (nSPS) is 15.5. The number of thioether (sulfide) groups is 1. The van der Waals surface area contributed by atoms with Crippen molar-refractivity contribution in [1.29, 1.82) is 0 Å². The average Bonchev–Trinajstić information content (AvgIpc) is 2.75. The summed E-state index contributed by atoms with van der Waals surface area (Å²) < 4.78 is 25.9. The molecule has 0 radical (unpaired) electrons. The number of carbonyl (C=O) groups is 1. The van der Waals surface area contributed by atoms with E-state index in [0.29, 0.717) is 12.4 Å². The summed E-state index contributed by atoms with van der Waals surface area (Å²) in [6.07, 6.45) is 0.00662. The summed E-state index contributed by atoms with van der Waals surface area (Å²) >= 11 is 1.68. The molecular weight excluding hydrogens is 232 g/mol. The highest BCUT2D eigenvalue weighted by atomic mass is 32.2. The van der Waals surface area contributed by atoms with E-state index in [-0.39, 0.29) is 17.9 Å². The maximum Gasteiger partial charge on any atom is 0.227 e. The van der Waals surface area contributed by atoms with Crippen LogP contribution in [0.3, 0.4) is 0 Å². The molecule has 1 saturated heterocycles. The third-order valence-electron chi connectivity index (χ3n) is 2.46. The van der Waals surface area contributed by atoms with Crippen molar-refractivity contribution in [2.45, 2.75) is 6.42 Å². The number of halogens is 2. The van der Waals surface area contributed by atoms with Crippen LogP contribution in [0.2, 0.25) is 0 Å². The third kappa shape index (κ3) is 2.52. The number of nitrogens with zero attached hydrogens (tertiary/aromatic N) is 1. The van der Waals surface area contributed by atoms with Gasteiger partial charge in [-0.1, -0.05) is 6.07 Å². The molecule has 2 nitrogen and oxygen atoms in total. The second-order valence-electron chi connectivity index (χ2n) is 3.61. The summed E-state index contributed by atoms with van der Waals surface area (Å²) in [6.45, 7) is 0.715. The van der Waals surface area contributed by atoms with Gasteiger partial charge in [0.05, 0.1) is 12.3 Å². The Labute approximate surface area is 96.6 Å². The lowest BCUT2D eigenvalue weighted by molar-refractivity contribution is -0.129. The summed E-state index contributed by atoms with van der Waals surface area (Å²) in [7, 11) is 0. The SMILES string of the molecule is O=C(Cc1ccc(F)cc1F)N1CCSC1. The van der Waals surface area contributed by atoms with Gasteiger partial charge < -0.3 is 4.90 Å². The Kier molecular flexibility index (Phi) is 3.43. The minimum Gasteiger partial charge on any atom is -0.332 e. The van der Waals surface area contributed by atoms with E-state index < -0.39 is 11.6 Å². The molecule has 1 heterocycles. The number of carbonyl (C=O) groups excluding carboxylic acids is 1. The Bertz CT molecular complexity index is 405. The van der Waals surface area contributed by atoms with Crippen LogP contribution < -0.4 is 0 Å². The van der Waals surface area contributed by atoms with Crippen molar-refractivity contribution in [2.24, 2.45) is 0 Å². The summed E-state index contributed by atoms with van der Waals surface area (Å²) in [6, 6.07) is 3.30. The zero-order chi connectivity index (χ0) is 11.5. The minimum atomic E-state index is -0.653. The Morgan fingerprint density at radius 2 is 2.25 bits per heavy atom. The Balaban J connectivity index is 2.05. The van der Waals surface area contributed by atoms with Gasteiger partial charge in [0, 0.05) is 18.4 Å². The lowest BCUT2D eigenvalue weighted by atomic mass is 10.1. The van der Waals surface area contributed by atoms with Crippen LogP contribution in [0.5, 0.6) is 0 Å². The molecule has 1 aromatic carbocycles. The predicted molar refractivity (Wildman–Crippen MR) is 59.1 cm³/mol. The van der Waals surface area contributed by atoms with E-state index in [9.17, 15) is 13.6 Å².